The fourth-order valence-electron chi connectivity index (χ4n) is 2.20. The van der Waals surface area contributed by atoms with E-state index < -0.39 is 0 Å². The first-order valence-corrected chi connectivity index (χ1v) is 7.15. The van der Waals surface area contributed by atoms with E-state index in [2.05, 4.69) is 13.8 Å². The molecule has 0 radical (unpaired) electrons. The molecule has 1 aromatic rings. The Morgan fingerprint density at radius 1 is 1.45 bits per heavy atom. The minimum Gasteiger partial charge on any atom is -0.486 e. The molecule has 20 heavy (non-hydrogen) atoms. The number of rotatable bonds is 3. The second kappa shape index (κ2) is 5.83. The van der Waals surface area contributed by atoms with Gasteiger partial charge in [0.1, 0.15) is 11.9 Å². The summed E-state index contributed by atoms with van der Waals surface area (Å²) in [6.45, 7) is 6.12. The van der Waals surface area contributed by atoms with Crippen LogP contribution in [0.1, 0.15) is 31.1 Å². The predicted octanol–water partition coefficient (Wildman–Crippen LogP) is 2.88. The Balaban J connectivity index is 2.43. The van der Waals surface area contributed by atoms with Crippen molar-refractivity contribution in [2.75, 3.05) is 17.3 Å². The normalized spacial score (nSPS) is 17.6. The van der Waals surface area contributed by atoms with Gasteiger partial charge in [0.2, 0.25) is 5.91 Å². The Morgan fingerprint density at radius 2 is 2.15 bits per heavy atom. The average Bonchev–Trinajstić information content (AvgIpc) is 2.44. The van der Waals surface area contributed by atoms with Crippen LogP contribution in [0.4, 0.5) is 5.69 Å². The van der Waals surface area contributed by atoms with Crippen molar-refractivity contribution in [2.45, 2.75) is 26.9 Å². The van der Waals surface area contributed by atoms with Crippen molar-refractivity contribution < 1.29 is 14.3 Å². The fourth-order valence-corrected chi connectivity index (χ4v) is 2.36. The molecule has 1 atom stereocenters. The Hall–Kier alpha value is -1.55. The molecule has 1 aliphatic heterocycles. The van der Waals surface area contributed by atoms with Crippen LogP contribution in [0.3, 0.4) is 0 Å². The van der Waals surface area contributed by atoms with E-state index in [9.17, 15) is 9.59 Å². The summed E-state index contributed by atoms with van der Waals surface area (Å²) in [5.41, 5.74) is 1.14. The number of halogens is 1. The average molecular weight is 296 g/mol. The first-order chi connectivity index (χ1) is 9.43. The quantitative estimate of drug-likeness (QED) is 0.636. The number of Topliss-reactive ketones (excluding diaryl/α,β-unsaturated/α-hetero) is 1. The number of nitrogens with zero attached hydrogens (tertiary/aromatic N) is 1. The second-order valence-electron chi connectivity index (χ2n) is 5.27. The number of alkyl halides is 1. The highest BCUT2D eigenvalue weighted by Gasteiger charge is 2.30. The topological polar surface area (TPSA) is 46.6 Å². The molecular weight excluding hydrogens is 278 g/mol. The van der Waals surface area contributed by atoms with E-state index in [1.54, 1.807) is 23.1 Å². The predicted molar refractivity (Wildman–Crippen MR) is 78.8 cm³/mol. The van der Waals surface area contributed by atoms with Gasteiger partial charge in [0.05, 0.1) is 18.1 Å². The van der Waals surface area contributed by atoms with Gasteiger partial charge in [-0.1, -0.05) is 13.8 Å². The van der Waals surface area contributed by atoms with Crippen molar-refractivity contribution in [3.63, 3.8) is 0 Å². The third-order valence-electron chi connectivity index (χ3n) is 3.46. The minimum atomic E-state index is -0.163. The maximum Gasteiger partial charge on any atom is 0.224 e. The van der Waals surface area contributed by atoms with Crippen molar-refractivity contribution in [2.24, 2.45) is 5.92 Å². The van der Waals surface area contributed by atoms with E-state index in [1.807, 2.05) is 0 Å². The van der Waals surface area contributed by atoms with Crippen LogP contribution in [0.5, 0.6) is 5.75 Å². The van der Waals surface area contributed by atoms with Crippen molar-refractivity contribution >= 4 is 29.0 Å². The van der Waals surface area contributed by atoms with Crippen molar-refractivity contribution in [3.05, 3.63) is 23.8 Å². The molecule has 0 aliphatic carbocycles. The zero-order chi connectivity index (χ0) is 14.9. The molecule has 0 saturated heterocycles. The lowest BCUT2D eigenvalue weighted by Crippen LogP contribution is -2.45. The summed E-state index contributed by atoms with van der Waals surface area (Å²) in [6.07, 6.45) is -0.0408. The van der Waals surface area contributed by atoms with Gasteiger partial charge in [-0.2, -0.15) is 0 Å². The van der Waals surface area contributed by atoms with Gasteiger partial charge in [-0.25, -0.2) is 0 Å². The lowest BCUT2D eigenvalue weighted by atomic mass is 10.0. The fraction of sp³-hybridized carbons (Fsp3) is 0.467. The SMILES string of the molecule is CC(=O)N1CC(C(C)C)Oc2ccc(C(=O)CCl)cc21. The molecule has 0 N–H and O–H groups in total. The Morgan fingerprint density at radius 3 is 2.70 bits per heavy atom. The second-order valence-corrected chi connectivity index (χ2v) is 5.54. The van der Waals surface area contributed by atoms with Crippen molar-refractivity contribution in [1.29, 1.82) is 0 Å². The number of anilines is 1. The molecule has 0 aromatic heterocycles. The van der Waals surface area contributed by atoms with Gasteiger partial charge in [0, 0.05) is 12.5 Å². The number of ketones is 1. The Bertz CT molecular complexity index is 542. The van der Waals surface area contributed by atoms with Crippen LogP contribution >= 0.6 is 11.6 Å². The molecular formula is C15H18ClNO3. The van der Waals surface area contributed by atoms with Crippen LogP contribution in [0, 0.1) is 5.92 Å². The van der Waals surface area contributed by atoms with Crippen molar-refractivity contribution in [3.8, 4) is 5.75 Å². The van der Waals surface area contributed by atoms with E-state index in [4.69, 9.17) is 16.3 Å². The molecule has 0 spiro atoms. The van der Waals surface area contributed by atoms with Gasteiger partial charge in [-0.15, -0.1) is 11.6 Å². The summed E-state index contributed by atoms with van der Waals surface area (Å²) in [5.74, 6) is 0.638. The van der Waals surface area contributed by atoms with Gasteiger partial charge in [0.25, 0.3) is 0 Å². The minimum absolute atomic E-state index is 0.0408. The monoisotopic (exact) mass is 295 g/mol. The molecule has 1 heterocycles. The molecule has 0 bridgehead atoms. The number of carbonyl (C=O) groups is 2. The smallest absolute Gasteiger partial charge is 0.224 e. The highest BCUT2D eigenvalue weighted by molar-refractivity contribution is 6.30. The molecule has 1 aliphatic rings. The summed E-state index contributed by atoms with van der Waals surface area (Å²) in [4.78, 5) is 25.2. The van der Waals surface area contributed by atoms with Crippen molar-refractivity contribution in [1.82, 2.24) is 0 Å². The van der Waals surface area contributed by atoms with Gasteiger partial charge >= 0.3 is 0 Å². The molecule has 2 rings (SSSR count). The van der Waals surface area contributed by atoms with E-state index in [1.165, 1.54) is 6.92 Å². The molecule has 0 saturated carbocycles. The van der Waals surface area contributed by atoms with E-state index in [-0.39, 0.29) is 23.7 Å². The molecule has 108 valence electrons. The molecule has 1 aromatic carbocycles. The van der Waals surface area contributed by atoms with E-state index >= 15 is 0 Å². The maximum atomic E-state index is 11.8. The van der Waals surface area contributed by atoms with E-state index in [0.29, 0.717) is 29.5 Å². The van der Waals surface area contributed by atoms with Crippen LogP contribution in [0.2, 0.25) is 0 Å². The largest absolute Gasteiger partial charge is 0.486 e. The highest BCUT2D eigenvalue weighted by Crippen LogP contribution is 2.36. The van der Waals surface area contributed by atoms with Crippen LogP contribution in [0.15, 0.2) is 18.2 Å². The lowest BCUT2D eigenvalue weighted by Gasteiger charge is -2.36. The first-order valence-electron chi connectivity index (χ1n) is 6.62. The molecule has 1 unspecified atom stereocenters. The number of carbonyl (C=O) groups excluding carboxylic acids is 2. The number of hydrogen-bond acceptors (Lipinski definition) is 3. The number of hydrogen-bond donors (Lipinski definition) is 0. The summed E-state index contributed by atoms with van der Waals surface area (Å²) in [6, 6.07) is 5.10. The zero-order valence-electron chi connectivity index (χ0n) is 11.9. The Kier molecular flexibility index (Phi) is 4.33. The number of fused-ring (bicyclic) bond motifs is 1. The van der Waals surface area contributed by atoms with E-state index in [0.717, 1.165) is 0 Å². The zero-order valence-corrected chi connectivity index (χ0v) is 12.6. The Labute approximate surface area is 123 Å². The molecule has 5 heteroatoms. The summed E-state index contributed by atoms with van der Waals surface area (Å²) >= 11 is 5.57. The molecule has 4 nitrogen and oxygen atoms in total. The van der Waals surface area contributed by atoms with Crippen LogP contribution in [-0.4, -0.2) is 30.2 Å². The standard InChI is InChI=1S/C15H18ClNO3/c1-9(2)15-8-17(10(3)18)12-6-11(13(19)7-16)4-5-14(12)20-15/h4-6,9,15H,7-8H2,1-3H3. The van der Waals surface area contributed by atoms with Gasteiger partial charge in [0.15, 0.2) is 5.78 Å². The lowest BCUT2D eigenvalue weighted by molar-refractivity contribution is -0.117. The third kappa shape index (κ3) is 2.80. The molecule has 0 fully saturated rings. The van der Waals surface area contributed by atoms with Gasteiger partial charge in [-0.3, -0.25) is 9.59 Å². The highest BCUT2D eigenvalue weighted by atomic mass is 35.5. The summed E-state index contributed by atoms with van der Waals surface area (Å²) in [7, 11) is 0. The van der Waals surface area contributed by atoms with Gasteiger partial charge in [-0.05, 0) is 24.1 Å². The number of amides is 1. The summed E-state index contributed by atoms with van der Waals surface area (Å²) < 4.78 is 5.90. The maximum absolute atomic E-state index is 11.8. The van der Waals surface area contributed by atoms with Gasteiger partial charge < -0.3 is 9.64 Å². The first kappa shape index (κ1) is 14.9. The summed E-state index contributed by atoms with van der Waals surface area (Å²) in [5, 5.41) is 0. The number of benzene rings is 1. The van der Waals surface area contributed by atoms with Crippen LogP contribution < -0.4 is 9.64 Å². The third-order valence-corrected chi connectivity index (χ3v) is 3.70. The van der Waals surface area contributed by atoms with Crippen LogP contribution in [-0.2, 0) is 4.79 Å². The number of ether oxygens (including phenoxy) is 1. The molecule has 1 amide bonds. The van der Waals surface area contributed by atoms with Crippen LogP contribution in [0.25, 0.3) is 0 Å².